The van der Waals surface area contributed by atoms with E-state index < -0.39 is 10.2 Å². The van der Waals surface area contributed by atoms with Crippen LogP contribution >= 0.6 is 0 Å². The van der Waals surface area contributed by atoms with Crippen LogP contribution in [0.2, 0.25) is 0 Å². The van der Waals surface area contributed by atoms with Crippen molar-refractivity contribution in [2.75, 3.05) is 42.1 Å². The normalized spacial score (nSPS) is 22.2. The Morgan fingerprint density at radius 1 is 1.32 bits per heavy atom. The van der Waals surface area contributed by atoms with E-state index in [0.717, 1.165) is 11.4 Å². The first kappa shape index (κ1) is 17.6. The van der Waals surface area contributed by atoms with Crippen LogP contribution in [0.4, 0.5) is 11.5 Å². The summed E-state index contributed by atoms with van der Waals surface area (Å²) >= 11 is 0. The number of nitrogens with zero attached hydrogens (tertiary/aromatic N) is 6. The van der Waals surface area contributed by atoms with Crippen LogP contribution in [-0.4, -0.2) is 67.9 Å². The molecule has 0 spiro atoms. The minimum Gasteiger partial charge on any atom is -0.377 e. The van der Waals surface area contributed by atoms with E-state index in [0.29, 0.717) is 61.8 Å². The maximum absolute atomic E-state index is 12.2. The Bertz CT molecular complexity index is 1120. The topological polar surface area (TPSA) is 119 Å². The molecule has 3 aliphatic rings. The Morgan fingerprint density at radius 2 is 2.18 bits per heavy atom. The van der Waals surface area contributed by atoms with E-state index in [1.165, 1.54) is 4.31 Å². The van der Waals surface area contributed by atoms with E-state index in [1.54, 1.807) is 10.9 Å². The zero-order valence-corrected chi connectivity index (χ0v) is 16.3. The van der Waals surface area contributed by atoms with Crippen molar-refractivity contribution in [3.8, 4) is 0 Å². The molecule has 0 amide bonds. The van der Waals surface area contributed by atoms with Gasteiger partial charge in [-0.25, -0.2) is 10.1 Å². The van der Waals surface area contributed by atoms with Crippen molar-refractivity contribution in [3.05, 3.63) is 23.9 Å². The highest BCUT2D eigenvalue weighted by Gasteiger charge is 2.36. The molecule has 2 aromatic heterocycles. The van der Waals surface area contributed by atoms with Gasteiger partial charge in [-0.1, -0.05) is 6.08 Å². The number of ether oxygens (including phenoxy) is 1. The molecule has 0 radical (unpaired) electrons. The van der Waals surface area contributed by atoms with Crippen LogP contribution in [0, 0.1) is 0 Å². The first-order valence-corrected chi connectivity index (χ1v) is 10.7. The zero-order valence-electron chi connectivity index (χ0n) is 15.4. The van der Waals surface area contributed by atoms with Crippen molar-refractivity contribution in [2.24, 2.45) is 10.1 Å². The molecule has 0 bridgehead atoms. The van der Waals surface area contributed by atoms with Crippen LogP contribution in [0.1, 0.15) is 12.5 Å². The largest absolute Gasteiger partial charge is 0.377 e. The Morgan fingerprint density at radius 3 is 2.89 bits per heavy atom. The predicted molar refractivity (Wildman–Crippen MR) is 106 cm³/mol. The van der Waals surface area contributed by atoms with Crippen LogP contribution < -0.4 is 14.3 Å². The summed E-state index contributed by atoms with van der Waals surface area (Å²) in [5, 5.41) is 10.6. The summed E-state index contributed by atoms with van der Waals surface area (Å²) in [6.45, 7) is 4.86. The minimum atomic E-state index is -3.90. The lowest BCUT2D eigenvalue weighted by atomic mass is 10.1. The van der Waals surface area contributed by atoms with Gasteiger partial charge < -0.3 is 9.64 Å². The average molecular weight is 403 g/mol. The van der Waals surface area contributed by atoms with Crippen molar-refractivity contribution in [2.45, 2.75) is 19.4 Å². The highest BCUT2D eigenvalue weighted by molar-refractivity contribution is 7.90. The average Bonchev–Trinajstić information content (AvgIpc) is 3.38. The van der Waals surface area contributed by atoms with Crippen molar-refractivity contribution >= 4 is 38.6 Å². The third kappa shape index (κ3) is 2.61. The number of anilines is 2. The molecule has 1 atom stereocenters. The molecule has 1 saturated heterocycles. The maximum atomic E-state index is 12.2. The molecule has 0 aliphatic carbocycles. The van der Waals surface area contributed by atoms with Crippen LogP contribution in [-0.2, 0) is 21.4 Å². The van der Waals surface area contributed by atoms with Gasteiger partial charge in [0.1, 0.15) is 5.82 Å². The third-order valence-electron chi connectivity index (χ3n) is 5.37. The standard InChI is InChI=1S/C17H21N7O3S/c1-11-10-27-8-7-22(11)16-12-4-6-23(28(18,25)26)15(12)13-9-20-24(17(13)21-16)14-3-2-5-19-14/h2-3,9,11H,4-8,10H2,1H3,(H2,18,25,26)/t11-/m1/s1. The summed E-state index contributed by atoms with van der Waals surface area (Å²) in [5.74, 6) is 1.46. The molecule has 5 heterocycles. The summed E-state index contributed by atoms with van der Waals surface area (Å²) in [4.78, 5) is 11.5. The number of hydrogen-bond donors (Lipinski definition) is 1. The molecule has 28 heavy (non-hydrogen) atoms. The smallest absolute Gasteiger partial charge is 0.299 e. The van der Waals surface area contributed by atoms with Crippen molar-refractivity contribution in [1.82, 2.24) is 14.8 Å². The minimum absolute atomic E-state index is 0.131. The van der Waals surface area contributed by atoms with Crippen LogP contribution in [0.15, 0.2) is 23.3 Å². The molecule has 11 heteroatoms. The fraction of sp³-hybridized carbons (Fsp3) is 0.471. The molecule has 0 unspecified atom stereocenters. The number of nitrogens with two attached hydrogens (primary N) is 1. The molecular weight excluding hydrogens is 382 g/mol. The molecule has 2 N–H and O–H groups in total. The lowest BCUT2D eigenvalue weighted by molar-refractivity contribution is 0.0985. The van der Waals surface area contributed by atoms with Gasteiger partial charge in [0.2, 0.25) is 0 Å². The van der Waals surface area contributed by atoms with Gasteiger partial charge in [-0.2, -0.15) is 18.2 Å². The summed E-state index contributed by atoms with van der Waals surface area (Å²) in [6, 6.07) is 0.131. The second kappa shape index (κ2) is 6.26. The summed E-state index contributed by atoms with van der Waals surface area (Å²) < 4.78 is 33.0. The van der Waals surface area contributed by atoms with E-state index in [2.05, 4.69) is 21.9 Å². The summed E-state index contributed by atoms with van der Waals surface area (Å²) in [7, 11) is -3.90. The molecule has 148 valence electrons. The van der Waals surface area contributed by atoms with Crippen LogP contribution in [0.3, 0.4) is 0 Å². The van der Waals surface area contributed by atoms with E-state index in [1.807, 2.05) is 12.2 Å². The van der Waals surface area contributed by atoms with Gasteiger partial charge >= 0.3 is 0 Å². The van der Waals surface area contributed by atoms with Gasteiger partial charge in [-0.15, -0.1) is 0 Å². The van der Waals surface area contributed by atoms with E-state index in [9.17, 15) is 8.42 Å². The van der Waals surface area contributed by atoms with Crippen LogP contribution in [0.25, 0.3) is 11.0 Å². The Labute approximate surface area is 162 Å². The molecule has 3 aliphatic heterocycles. The maximum Gasteiger partial charge on any atom is 0.299 e. The second-order valence-electron chi connectivity index (χ2n) is 7.14. The Hall–Kier alpha value is -2.50. The van der Waals surface area contributed by atoms with Crippen molar-refractivity contribution in [1.29, 1.82) is 0 Å². The zero-order chi connectivity index (χ0) is 19.5. The van der Waals surface area contributed by atoms with E-state index in [-0.39, 0.29) is 6.04 Å². The fourth-order valence-corrected chi connectivity index (χ4v) is 4.90. The fourth-order valence-electron chi connectivity index (χ4n) is 4.09. The first-order valence-electron chi connectivity index (χ1n) is 9.22. The van der Waals surface area contributed by atoms with Crippen LogP contribution in [0.5, 0.6) is 0 Å². The number of morpholine rings is 1. The molecule has 1 fully saturated rings. The molecule has 5 rings (SSSR count). The predicted octanol–water partition coefficient (Wildman–Crippen LogP) is 0.0388. The first-order chi connectivity index (χ1) is 13.4. The van der Waals surface area contributed by atoms with Crippen molar-refractivity contribution in [3.63, 3.8) is 0 Å². The molecular formula is C17H21N7O3S. The van der Waals surface area contributed by atoms with Gasteiger partial charge in [0.05, 0.1) is 43.1 Å². The van der Waals surface area contributed by atoms with Crippen molar-refractivity contribution < 1.29 is 13.2 Å². The number of aromatic nitrogens is 3. The summed E-state index contributed by atoms with van der Waals surface area (Å²) in [6.07, 6.45) is 6.03. The number of pyridine rings is 1. The second-order valence-corrected chi connectivity index (χ2v) is 8.61. The quantitative estimate of drug-likeness (QED) is 0.756. The monoisotopic (exact) mass is 403 g/mol. The molecule has 2 aromatic rings. The Balaban J connectivity index is 1.78. The van der Waals surface area contributed by atoms with E-state index >= 15 is 0 Å². The number of aliphatic imine (C=N–C) groups is 1. The highest BCUT2D eigenvalue weighted by atomic mass is 32.2. The molecule has 10 nitrogen and oxygen atoms in total. The van der Waals surface area contributed by atoms with Gasteiger partial charge in [-0.05, 0) is 19.4 Å². The summed E-state index contributed by atoms with van der Waals surface area (Å²) in [5.41, 5.74) is 2.04. The van der Waals surface area contributed by atoms with Gasteiger partial charge in [0.15, 0.2) is 11.5 Å². The van der Waals surface area contributed by atoms with Gasteiger partial charge in [0, 0.05) is 18.7 Å². The number of allylic oxidation sites excluding steroid dienone is 1. The molecule has 0 saturated carbocycles. The van der Waals surface area contributed by atoms with Gasteiger partial charge in [0.25, 0.3) is 10.2 Å². The SMILES string of the molecule is C[C@@H]1COCCN1c1nc2c(cnn2C2=NCC=C2)c2c1CCN2S(N)(=O)=O. The molecule has 0 aromatic carbocycles. The lowest BCUT2D eigenvalue weighted by Crippen LogP contribution is -2.44. The third-order valence-corrected chi connectivity index (χ3v) is 6.35. The lowest BCUT2D eigenvalue weighted by Gasteiger charge is -2.35. The Kier molecular flexibility index (Phi) is 3.93. The van der Waals surface area contributed by atoms with E-state index in [4.69, 9.17) is 14.9 Å². The van der Waals surface area contributed by atoms with Gasteiger partial charge in [-0.3, -0.25) is 9.30 Å². The number of hydrogen-bond acceptors (Lipinski definition) is 7. The number of fused-ring (bicyclic) bond motifs is 3. The highest BCUT2D eigenvalue weighted by Crippen LogP contribution is 2.41. The number of rotatable bonds is 2.